The van der Waals surface area contributed by atoms with Gasteiger partial charge in [-0.05, 0) is 48.5 Å². The second-order valence-corrected chi connectivity index (χ2v) is 8.36. The molecule has 0 fully saturated rings. The fourth-order valence-electron chi connectivity index (χ4n) is 2.98. The predicted octanol–water partition coefficient (Wildman–Crippen LogP) is 3.88. The van der Waals surface area contributed by atoms with E-state index in [0.29, 0.717) is 34.9 Å². The lowest BCUT2D eigenvalue weighted by atomic mass is 10.0. The summed E-state index contributed by atoms with van der Waals surface area (Å²) in [7, 11) is -3.66. The van der Waals surface area contributed by atoms with Gasteiger partial charge in [-0.15, -0.1) is 0 Å². The number of hydrogen-bond acceptors (Lipinski definition) is 4. The van der Waals surface area contributed by atoms with Crippen LogP contribution in [-0.4, -0.2) is 24.4 Å². The number of halogens is 2. The minimum absolute atomic E-state index is 0.149. The lowest BCUT2D eigenvalue weighted by Crippen LogP contribution is -2.35. The van der Waals surface area contributed by atoms with Crippen LogP contribution in [0.5, 0.6) is 0 Å². The zero-order chi connectivity index (χ0) is 18.3. The third kappa shape index (κ3) is 3.02. The highest BCUT2D eigenvalue weighted by Crippen LogP contribution is 2.32. The molecule has 8 heteroatoms. The van der Waals surface area contributed by atoms with E-state index in [1.54, 1.807) is 24.3 Å². The van der Waals surface area contributed by atoms with Crippen molar-refractivity contribution in [3.05, 3.63) is 70.6 Å². The van der Waals surface area contributed by atoms with E-state index < -0.39 is 10.0 Å². The van der Waals surface area contributed by atoms with Crippen LogP contribution in [0.3, 0.4) is 0 Å². The van der Waals surface area contributed by atoms with Crippen LogP contribution in [0.4, 0.5) is 4.39 Å². The molecule has 2 heterocycles. The molecule has 4 rings (SSSR count). The van der Waals surface area contributed by atoms with E-state index in [4.69, 9.17) is 16.1 Å². The minimum Gasteiger partial charge on any atom is -0.356 e. The van der Waals surface area contributed by atoms with Gasteiger partial charge in [0, 0.05) is 35.7 Å². The van der Waals surface area contributed by atoms with Crippen molar-refractivity contribution in [2.45, 2.75) is 17.9 Å². The SMILES string of the molecule is O=S(=O)(c1ccc(Cl)cc1)N1CCc2noc(-c3ccc(F)cc3)c2C1. The molecule has 0 aliphatic carbocycles. The second-order valence-electron chi connectivity index (χ2n) is 5.99. The van der Waals surface area contributed by atoms with Crippen molar-refractivity contribution < 1.29 is 17.3 Å². The molecule has 1 aliphatic rings. The van der Waals surface area contributed by atoms with Crippen LogP contribution in [0.1, 0.15) is 11.3 Å². The maximum Gasteiger partial charge on any atom is 0.243 e. The molecule has 134 valence electrons. The molecule has 0 unspecified atom stereocenters. The van der Waals surface area contributed by atoms with Crippen molar-refractivity contribution in [3.63, 3.8) is 0 Å². The second kappa shape index (κ2) is 6.50. The molecule has 0 amide bonds. The van der Waals surface area contributed by atoms with Gasteiger partial charge in [0.1, 0.15) is 5.82 Å². The Bertz CT molecular complexity index is 1050. The van der Waals surface area contributed by atoms with Crippen LogP contribution in [0.25, 0.3) is 11.3 Å². The van der Waals surface area contributed by atoms with Gasteiger partial charge in [0.25, 0.3) is 0 Å². The van der Waals surface area contributed by atoms with E-state index in [-0.39, 0.29) is 17.3 Å². The molecular formula is C18H14ClFN2O3S. The van der Waals surface area contributed by atoms with Gasteiger partial charge in [-0.1, -0.05) is 16.8 Å². The lowest BCUT2D eigenvalue weighted by Gasteiger charge is -2.25. The minimum atomic E-state index is -3.66. The van der Waals surface area contributed by atoms with Crippen molar-refractivity contribution in [3.8, 4) is 11.3 Å². The van der Waals surface area contributed by atoms with E-state index in [9.17, 15) is 12.8 Å². The van der Waals surface area contributed by atoms with Gasteiger partial charge < -0.3 is 4.52 Å². The molecule has 3 aromatic rings. The molecule has 0 atom stereocenters. The summed E-state index contributed by atoms with van der Waals surface area (Å²) in [6.07, 6.45) is 0.451. The van der Waals surface area contributed by atoms with Crippen molar-refractivity contribution in [1.82, 2.24) is 9.46 Å². The molecule has 1 aliphatic heterocycles. The standard InChI is InChI=1S/C18H14ClFN2O3S/c19-13-3-7-15(8-4-13)26(23,24)22-10-9-17-16(11-22)18(25-21-17)12-1-5-14(20)6-2-12/h1-8H,9-11H2. The first kappa shape index (κ1) is 17.2. The van der Waals surface area contributed by atoms with E-state index in [1.165, 1.54) is 28.6 Å². The summed E-state index contributed by atoms with van der Waals surface area (Å²) >= 11 is 5.84. The third-order valence-corrected chi connectivity index (χ3v) is 6.47. The van der Waals surface area contributed by atoms with Crippen LogP contribution < -0.4 is 0 Å². The number of sulfonamides is 1. The van der Waals surface area contributed by atoms with Crippen LogP contribution in [-0.2, 0) is 23.0 Å². The molecule has 5 nitrogen and oxygen atoms in total. The maximum absolute atomic E-state index is 13.2. The first-order valence-corrected chi connectivity index (χ1v) is 9.76. The fourth-order valence-corrected chi connectivity index (χ4v) is 4.51. The summed E-state index contributed by atoms with van der Waals surface area (Å²) in [4.78, 5) is 0.185. The number of fused-ring (bicyclic) bond motifs is 1. The van der Waals surface area contributed by atoms with Crippen LogP contribution in [0, 0.1) is 5.82 Å². The number of nitrogens with zero attached hydrogens (tertiary/aromatic N) is 2. The van der Waals surface area contributed by atoms with E-state index in [2.05, 4.69) is 5.16 Å². The highest BCUT2D eigenvalue weighted by Gasteiger charge is 2.32. The lowest BCUT2D eigenvalue weighted by molar-refractivity contribution is 0.386. The van der Waals surface area contributed by atoms with E-state index in [1.807, 2.05) is 0 Å². The zero-order valence-corrected chi connectivity index (χ0v) is 15.1. The molecule has 1 aromatic heterocycles. The molecule has 26 heavy (non-hydrogen) atoms. The predicted molar refractivity (Wildman–Crippen MR) is 94.6 cm³/mol. The first-order chi connectivity index (χ1) is 12.4. The molecule has 0 radical (unpaired) electrons. The number of aromatic nitrogens is 1. The largest absolute Gasteiger partial charge is 0.356 e. The van der Waals surface area contributed by atoms with Gasteiger partial charge >= 0.3 is 0 Å². The molecule has 0 saturated heterocycles. The van der Waals surface area contributed by atoms with Gasteiger partial charge in [-0.2, -0.15) is 4.31 Å². The Hall–Kier alpha value is -2.22. The Morgan fingerprint density at radius 2 is 1.77 bits per heavy atom. The average Bonchev–Trinajstić information content (AvgIpc) is 3.06. The number of benzene rings is 2. The van der Waals surface area contributed by atoms with Crippen LogP contribution >= 0.6 is 11.6 Å². The average molecular weight is 393 g/mol. The van der Waals surface area contributed by atoms with E-state index >= 15 is 0 Å². The topological polar surface area (TPSA) is 63.4 Å². The van der Waals surface area contributed by atoms with Gasteiger partial charge in [-0.25, -0.2) is 12.8 Å². The fraction of sp³-hybridized carbons (Fsp3) is 0.167. The Morgan fingerprint density at radius 1 is 1.08 bits per heavy atom. The van der Waals surface area contributed by atoms with Crippen molar-refractivity contribution in [2.24, 2.45) is 0 Å². The summed E-state index contributed by atoms with van der Waals surface area (Å²) in [5.41, 5.74) is 2.10. The Morgan fingerprint density at radius 3 is 2.46 bits per heavy atom. The Labute approximate surface area is 155 Å². The molecule has 0 spiro atoms. The highest BCUT2D eigenvalue weighted by atomic mass is 35.5. The third-order valence-electron chi connectivity index (χ3n) is 4.36. The smallest absolute Gasteiger partial charge is 0.243 e. The van der Waals surface area contributed by atoms with E-state index in [0.717, 1.165) is 5.69 Å². The van der Waals surface area contributed by atoms with Gasteiger partial charge in [0.15, 0.2) is 5.76 Å². The molecular weight excluding hydrogens is 379 g/mol. The zero-order valence-electron chi connectivity index (χ0n) is 13.5. The van der Waals surface area contributed by atoms with Crippen LogP contribution in [0.15, 0.2) is 57.9 Å². The summed E-state index contributed by atoms with van der Waals surface area (Å²) in [5.74, 6) is 0.116. The summed E-state index contributed by atoms with van der Waals surface area (Å²) in [5, 5.41) is 4.52. The van der Waals surface area contributed by atoms with Gasteiger partial charge in [0.05, 0.1) is 10.6 Å². The van der Waals surface area contributed by atoms with Crippen molar-refractivity contribution >= 4 is 21.6 Å². The first-order valence-electron chi connectivity index (χ1n) is 7.94. The normalized spacial score (nSPS) is 15.0. The summed E-state index contributed by atoms with van der Waals surface area (Å²) < 4.78 is 45.8. The van der Waals surface area contributed by atoms with Crippen molar-refractivity contribution in [2.75, 3.05) is 6.54 Å². The maximum atomic E-state index is 13.2. The van der Waals surface area contributed by atoms with Gasteiger partial charge in [0.2, 0.25) is 10.0 Å². The number of hydrogen-bond donors (Lipinski definition) is 0. The molecule has 2 aromatic carbocycles. The summed E-state index contributed by atoms with van der Waals surface area (Å²) in [6, 6.07) is 11.9. The Kier molecular flexibility index (Phi) is 4.30. The van der Waals surface area contributed by atoms with Crippen molar-refractivity contribution in [1.29, 1.82) is 0 Å². The highest BCUT2D eigenvalue weighted by molar-refractivity contribution is 7.89. The quantitative estimate of drug-likeness (QED) is 0.678. The van der Waals surface area contributed by atoms with Crippen LogP contribution in [0.2, 0.25) is 5.02 Å². The summed E-state index contributed by atoms with van der Waals surface area (Å²) in [6.45, 7) is 0.462. The van der Waals surface area contributed by atoms with Gasteiger partial charge in [-0.3, -0.25) is 0 Å². The molecule has 0 bridgehead atoms. The molecule has 0 N–H and O–H groups in total. The monoisotopic (exact) mass is 392 g/mol. The Balaban J connectivity index is 1.68. The molecule has 0 saturated carbocycles. The number of rotatable bonds is 3.